The number of para-hydroxylation sites is 1. The Kier molecular flexibility index (Phi) is 4.29. The van der Waals surface area contributed by atoms with Gasteiger partial charge in [0.2, 0.25) is 0 Å². The molecule has 0 aliphatic heterocycles. The van der Waals surface area contributed by atoms with E-state index in [-0.39, 0.29) is 6.10 Å². The minimum Gasteiger partial charge on any atom is -0.392 e. The Balaban J connectivity index is 1.78. The molecule has 114 valence electrons. The number of hydrogen-bond acceptors (Lipinski definition) is 2. The van der Waals surface area contributed by atoms with Crippen molar-refractivity contribution in [1.29, 1.82) is 0 Å². The van der Waals surface area contributed by atoms with E-state index >= 15 is 0 Å². The van der Waals surface area contributed by atoms with Gasteiger partial charge in [0.05, 0.1) is 17.3 Å². The highest BCUT2D eigenvalue weighted by Crippen LogP contribution is 2.32. The second-order valence-electron chi connectivity index (χ2n) is 6.57. The minimum atomic E-state index is -0.249. The van der Waals surface area contributed by atoms with E-state index in [2.05, 4.69) is 38.1 Å². The maximum Gasteiger partial charge on any atom is 0.0729 e. The van der Waals surface area contributed by atoms with Gasteiger partial charge in [0, 0.05) is 18.4 Å². The second kappa shape index (κ2) is 6.18. The largest absolute Gasteiger partial charge is 0.392 e. The van der Waals surface area contributed by atoms with Crippen molar-refractivity contribution in [3.05, 3.63) is 30.0 Å². The Morgan fingerprint density at radius 2 is 1.95 bits per heavy atom. The standard InChI is InChI=1S/C18H26N2O/c1-3-20-17-7-5-4-6-15(17)16(19-20)12-18(21)14-10-8-13(2)9-11-14/h4-7,13-14,18,21H,3,8-12H2,1-2H3. The van der Waals surface area contributed by atoms with E-state index < -0.39 is 0 Å². The minimum absolute atomic E-state index is 0.249. The lowest BCUT2D eigenvalue weighted by atomic mass is 9.79. The van der Waals surface area contributed by atoms with Crippen molar-refractivity contribution in [2.45, 2.75) is 58.6 Å². The highest BCUT2D eigenvalue weighted by molar-refractivity contribution is 5.82. The third-order valence-electron chi connectivity index (χ3n) is 5.04. The summed E-state index contributed by atoms with van der Waals surface area (Å²) in [4.78, 5) is 0. The Labute approximate surface area is 127 Å². The van der Waals surface area contributed by atoms with Gasteiger partial charge in [-0.2, -0.15) is 5.10 Å². The predicted octanol–water partition coefficient (Wildman–Crippen LogP) is 3.79. The maximum absolute atomic E-state index is 10.6. The summed E-state index contributed by atoms with van der Waals surface area (Å²) in [5.41, 5.74) is 2.23. The number of benzene rings is 1. The molecule has 1 N–H and O–H groups in total. The molecule has 1 heterocycles. The molecule has 0 spiro atoms. The van der Waals surface area contributed by atoms with Crippen molar-refractivity contribution in [2.24, 2.45) is 11.8 Å². The summed E-state index contributed by atoms with van der Waals surface area (Å²) in [5.74, 6) is 1.28. The number of aliphatic hydroxyl groups is 1. The van der Waals surface area contributed by atoms with Crippen molar-refractivity contribution in [3.8, 4) is 0 Å². The quantitative estimate of drug-likeness (QED) is 0.928. The molecule has 3 nitrogen and oxygen atoms in total. The van der Waals surface area contributed by atoms with E-state index in [1.165, 1.54) is 23.7 Å². The predicted molar refractivity (Wildman–Crippen MR) is 86.2 cm³/mol. The molecular formula is C18H26N2O. The molecule has 1 aromatic heterocycles. The number of aliphatic hydroxyl groups excluding tert-OH is 1. The van der Waals surface area contributed by atoms with Crippen LogP contribution in [0.25, 0.3) is 10.9 Å². The van der Waals surface area contributed by atoms with Crippen LogP contribution in [0.2, 0.25) is 0 Å². The van der Waals surface area contributed by atoms with Gasteiger partial charge in [-0.1, -0.05) is 38.0 Å². The van der Waals surface area contributed by atoms with Crippen molar-refractivity contribution in [3.63, 3.8) is 0 Å². The van der Waals surface area contributed by atoms with Gasteiger partial charge in [0.25, 0.3) is 0 Å². The van der Waals surface area contributed by atoms with Gasteiger partial charge >= 0.3 is 0 Å². The zero-order valence-corrected chi connectivity index (χ0v) is 13.1. The first-order valence-electron chi connectivity index (χ1n) is 8.31. The van der Waals surface area contributed by atoms with Gasteiger partial charge in [-0.05, 0) is 37.7 Å². The molecule has 0 saturated heterocycles. The second-order valence-corrected chi connectivity index (χ2v) is 6.57. The monoisotopic (exact) mass is 286 g/mol. The normalized spacial score (nSPS) is 24.3. The zero-order valence-electron chi connectivity index (χ0n) is 13.1. The van der Waals surface area contributed by atoms with Crippen LogP contribution in [0.1, 0.15) is 45.2 Å². The van der Waals surface area contributed by atoms with E-state index in [1.807, 2.05) is 4.68 Å². The first-order valence-corrected chi connectivity index (χ1v) is 8.31. The van der Waals surface area contributed by atoms with Crippen molar-refractivity contribution in [2.75, 3.05) is 0 Å². The first kappa shape index (κ1) is 14.6. The molecule has 0 amide bonds. The highest BCUT2D eigenvalue weighted by Gasteiger charge is 2.26. The molecule has 2 aromatic rings. The number of rotatable bonds is 4. The molecule has 1 aromatic carbocycles. The molecule has 0 radical (unpaired) electrons. The number of aryl methyl sites for hydroxylation is 1. The number of aromatic nitrogens is 2. The fraction of sp³-hybridized carbons (Fsp3) is 0.611. The van der Waals surface area contributed by atoms with Gasteiger partial charge in [-0.3, -0.25) is 4.68 Å². The summed E-state index contributed by atoms with van der Waals surface area (Å²) in [7, 11) is 0. The van der Waals surface area contributed by atoms with E-state index in [1.54, 1.807) is 0 Å². The molecule has 1 unspecified atom stereocenters. The smallest absolute Gasteiger partial charge is 0.0729 e. The summed E-state index contributed by atoms with van der Waals surface area (Å²) < 4.78 is 2.04. The molecule has 0 bridgehead atoms. The lowest BCUT2D eigenvalue weighted by Gasteiger charge is -2.29. The van der Waals surface area contributed by atoms with Crippen LogP contribution < -0.4 is 0 Å². The lowest BCUT2D eigenvalue weighted by molar-refractivity contribution is 0.0754. The molecule has 1 atom stereocenters. The molecule has 1 aliphatic carbocycles. The van der Waals surface area contributed by atoms with Crippen LogP contribution in [0.4, 0.5) is 0 Å². The fourth-order valence-electron chi connectivity index (χ4n) is 3.62. The molecule has 3 heteroatoms. The number of hydrogen-bond donors (Lipinski definition) is 1. The number of nitrogens with zero attached hydrogens (tertiary/aromatic N) is 2. The molecule has 1 aliphatic rings. The first-order chi connectivity index (χ1) is 10.2. The fourth-order valence-corrected chi connectivity index (χ4v) is 3.62. The topological polar surface area (TPSA) is 38.0 Å². The lowest BCUT2D eigenvalue weighted by Crippen LogP contribution is -2.27. The van der Waals surface area contributed by atoms with E-state index in [4.69, 9.17) is 5.10 Å². The third-order valence-corrected chi connectivity index (χ3v) is 5.04. The van der Waals surface area contributed by atoms with Crippen molar-refractivity contribution >= 4 is 10.9 Å². The van der Waals surface area contributed by atoms with Crippen LogP contribution in [0.3, 0.4) is 0 Å². The Morgan fingerprint density at radius 1 is 1.24 bits per heavy atom. The molecule has 3 rings (SSSR count). The van der Waals surface area contributed by atoms with Gasteiger partial charge in [0.15, 0.2) is 0 Å². The average Bonchev–Trinajstić information content (AvgIpc) is 2.86. The average molecular weight is 286 g/mol. The molecule has 21 heavy (non-hydrogen) atoms. The van der Waals surface area contributed by atoms with Crippen molar-refractivity contribution < 1.29 is 5.11 Å². The summed E-state index contributed by atoms with van der Waals surface area (Å²) in [5, 5.41) is 16.5. The van der Waals surface area contributed by atoms with E-state index in [9.17, 15) is 5.11 Å². The van der Waals surface area contributed by atoms with E-state index in [0.717, 1.165) is 31.0 Å². The van der Waals surface area contributed by atoms with Crippen LogP contribution in [0.5, 0.6) is 0 Å². The Bertz CT molecular complexity index is 596. The molecule has 1 saturated carbocycles. The summed E-state index contributed by atoms with van der Waals surface area (Å²) in [6.45, 7) is 5.30. The molecule has 1 fully saturated rings. The van der Waals surface area contributed by atoms with Gasteiger partial charge in [0.1, 0.15) is 0 Å². The Hall–Kier alpha value is -1.35. The Morgan fingerprint density at radius 3 is 2.67 bits per heavy atom. The number of fused-ring (bicyclic) bond motifs is 1. The SMILES string of the molecule is CCn1nc(CC(O)C2CCC(C)CC2)c2ccccc21. The van der Waals surface area contributed by atoms with Crippen LogP contribution in [-0.2, 0) is 13.0 Å². The summed E-state index contributed by atoms with van der Waals surface area (Å²) >= 11 is 0. The van der Waals surface area contributed by atoms with Crippen LogP contribution in [0, 0.1) is 11.8 Å². The van der Waals surface area contributed by atoms with Crippen LogP contribution in [-0.4, -0.2) is 21.0 Å². The summed E-state index contributed by atoms with van der Waals surface area (Å²) in [6.07, 6.45) is 5.27. The van der Waals surface area contributed by atoms with Crippen LogP contribution >= 0.6 is 0 Å². The maximum atomic E-state index is 10.6. The van der Waals surface area contributed by atoms with Gasteiger partial charge in [-0.25, -0.2) is 0 Å². The third kappa shape index (κ3) is 2.98. The highest BCUT2D eigenvalue weighted by atomic mass is 16.3. The van der Waals surface area contributed by atoms with Gasteiger partial charge < -0.3 is 5.11 Å². The molecular weight excluding hydrogens is 260 g/mol. The van der Waals surface area contributed by atoms with Crippen molar-refractivity contribution in [1.82, 2.24) is 9.78 Å². The van der Waals surface area contributed by atoms with Gasteiger partial charge in [-0.15, -0.1) is 0 Å². The summed E-state index contributed by atoms with van der Waals surface area (Å²) in [6, 6.07) is 8.35. The van der Waals surface area contributed by atoms with Crippen LogP contribution in [0.15, 0.2) is 24.3 Å². The van der Waals surface area contributed by atoms with E-state index in [0.29, 0.717) is 12.3 Å². The zero-order chi connectivity index (χ0) is 14.8.